The lowest BCUT2D eigenvalue weighted by molar-refractivity contribution is -0.132. The van der Waals surface area contributed by atoms with Gasteiger partial charge >= 0.3 is 0 Å². The van der Waals surface area contributed by atoms with E-state index in [9.17, 15) is 4.79 Å². The van der Waals surface area contributed by atoms with Crippen molar-refractivity contribution in [3.05, 3.63) is 29.3 Å². The van der Waals surface area contributed by atoms with Crippen LogP contribution in [0.2, 0.25) is 5.02 Å². The Morgan fingerprint density at radius 3 is 2.50 bits per heavy atom. The Bertz CT molecular complexity index is 614. The van der Waals surface area contributed by atoms with Crippen LogP contribution in [0.15, 0.2) is 24.3 Å². The van der Waals surface area contributed by atoms with E-state index in [1.165, 1.54) is 32.1 Å². The molecule has 28 heavy (non-hydrogen) atoms. The maximum Gasteiger partial charge on any atom is 0.236 e. The molecule has 0 bridgehead atoms. The van der Waals surface area contributed by atoms with Crippen LogP contribution in [0.3, 0.4) is 0 Å². The van der Waals surface area contributed by atoms with Gasteiger partial charge < -0.3 is 9.64 Å². The molecule has 2 fully saturated rings. The van der Waals surface area contributed by atoms with Crippen LogP contribution in [0.4, 0.5) is 0 Å². The fourth-order valence-electron chi connectivity index (χ4n) is 4.19. The number of halogens is 1. The number of ether oxygens (including phenoxy) is 1. The molecular formula is C22H34ClN3O2. The smallest absolute Gasteiger partial charge is 0.236 e. The van der Waals surface area contributed by atoms with E-state index in [1.807, 2.05) is 36.2 Å². The third-order valence-electron chi connectivity index (χ3n) is 6.01. The number of carbonyl (C=O) groups excluding carboxylic acids is 1. The van der Waals surface area contributed by atoms with Crippen LogP contribution in [0, 0.1) is 5.92 Å². The van der Waals surface area contributed by atoms with E-state index in [1.54, 1.807) is 0 Å². The summed E-state index contributed by atoms with van der Waals surface area (Å²) in [7, 11) is 1.97. The van der Waals surface area contributed by atoms with Gasteiger partial charge in [0, 0.05) is 46.3 Å². The molecule has 2 aliphatic rings. The van der Waals surface area contributed by atoms with Gasteiger partial charge in [0.15, 0.2) is 0 Å². The van der Waals surface area contributed by atoms with Crippen molar-refractivity contribution in [2.45, 2.75) is 32.1 Å². The zero-order chi connectivity index (χ0) is 19.8. The summed E-state index contributed by atoms with van der Waals surface area (Å²) in [5.74, 6) is 1.72. The number of piperazine rings is 1. The predicted molar refractivity (Wildman–Crippen MR) is 114 cm³/mol. The summed E-state index contributed by atoms with van der Waals surface area (Å²) in [6, 6.07) is 7.58. The van der Waals surface area contributed by atoms with Crippen molar-refractivity contribution in [1.29, 1.82) is 0 Å². The summed E-state index contributed by atoms with van der Waals surface area (Å²) < 4.78 is 5.79. The van der Waals surface area contributed by atoms with Crippen LogP contribution < -0.4 is 4.74 Å². The standard InChI is InChI=1S/C22H34ClN3O2/c1-24(17-19-7-3-2-4-8-19)22(27)18-26-13-11-25(12-14-26)15-16-28-21-10-6-5-9-20(21)23/h5-6,9-10,19H,2-4,7-8,11-18H2,1H3. The zero-order valence-electron chi connectivity index (χ0n) is 17.1. The molecule has 1 saturated carbocycles. The summed E-state index contributed by atoms with van der Waals surface area (Å²) in [5, 5.41) is 0.656. The second-order valence-electron chi connectivity index (χ2n) is 8.17. The molecule has 0 atom stereocenters. The minimum absolute atomic E-state index is 0.265. The Balaban J connectivity index is 1.31. The molecule has 0 radical (unpaired) electrons. The van der Waals surface area contributed by atoms with E-state index in [-0.39, 0.29) is 5.91 Å². The monoisotopic (exact) mass is 407 g/mol. The van der Waals surface area contributed by atoms with Crippen LogP contribution in [-0.4, -0.2) is 80.1 Å². The Labute approximate surface area is 174 Å². The molecule has 1 aromatic carbocycles. The van der Waals surface area contributed by atoms with Gasteiger partial charge in [-0.2, -0.15) is 0 Å². The highest BCUT2D eigenvalue weighted by atomic mass is 35.5. The number of likely N-dealkylation sites (N-methyl/N-ethyl adjacent to an activating group) is 1. The number of para-hydroxylation sites is 1. The lowest BCUT2D eigenvalue weighted by Crippen LogP contribution is -2.50. The maximum absolute atomic E-state index is 12.6. The highest BCUT2D eigenvalue weighted by molar-refractivity contribution is 6.32. The second kappa shape index (κ2) is 11.0. The van der Waals surface area contributed by atoms with Crippen LogP contribution >= 0.6 is 11.6 Å². The van der Waals surface area contributed by atoms with Gasteiger partial charge in [0.2, 0.25) is 5.91 Å². The van der Waals surface area contributed by atoms with Gasteiger partial charge in [-0.25, -0.2) is 0 Å². The van der Waals surface area contributed by atoms with Gasteiger partial charge in [0.25, 0.3) is 0 Å². The first-order chi connectivity index (χ1) is 13.6. The minimum Gasteiger partial charge on any atom is -0.491 e. The van der Waals surface area contributed by atoms with Crippen molar-refractivity contribution in [3.8, 4) is 5.75 Å². The summed E-state index contributed by atoms with van der Waals surface area (Å²) in [6.45, 7) is 6.83. The van der Waals surface area contributed by atoms with Crippen molar-refractivity contribution >= 4 is 17.5 Å². The van der Waals surface area contributed by atoms with Crippen molar-refractivity contribution in [2.24, 2.45) is 5.92 Å². The highest BCUT2D eigenvalue weighted by Crippen LogP contribution is 2.24. The first-order valence-electron chi connectivity index (χ1n) is 10.7. The number of benzene rings is 1. The predicted octanol–water partition coefficient (Wildman–Crippen LogP) is 3.38. The van der Waals surface area contributed by atoms with Gasteiger partial charge in [-0.05, 0) is 30.9 Å². The average molecular weight is 408 g/mol. The lowest BCUT2D eigenvalue weighted by Gasteiger charge is -2.35. The summed E-state index contributed by atoms with van der Waals surface area (Å²) >= 11 is 6.12. The SMILES string of the molecule is CN(CC1CCCCC1)C(=O)CN1CCN(CCOc2ccccc2Cl)CC1. The van der Waals surface area contributed by atoms with E-state index in [0.717, 1.165) is 45.0 Å². The summed E-state index contributed by atoms with van der Waals surface area (Å²) in [5.41, 5.74) is 0. The largest absolute Gasteiger partial charge is 0.491 e. The fourth-order valence-corrected chi connectivity index (χ4v) is 4.38. The average Bonchev–Trinajstić information content (AvgIpc) is 2.71. The number of hydrogen-bond donors (Lipinski definition) is 0. The van der Waals surface area contributed by atoms with Crippen molar-refractivity contribution in [1.82, 2.24) is 14.7 Å². The molecule has 156 valence electrons. The minimum atomic E-state index is 0.265. The van der Waals surface area contributed by atoms with Crippen molar-refractivity contribution in [3.63, 3.8) is 0 Å². The molecule has 1 heterocycles. The molecule has 0 aromatic heterocycles. The number of hydrogen-bond acceptors (Lipinski definition) is 4. The third-order valence-corrected chi connectivity index (χ3v) is 6.32. The number of carbonyl (C=O) groups is 1. The molecule has 0 unspecified atom stereocenters. The first-order valence-corrected chi connectivity index (χ1v) is 11.1. The summed E-state index contributed by atoms with van der Waals surface area (Å²) in [6.07, 6.45) is 6.59. The molecule has 5 nitrogen and oxygen atoms in total. The van der Waals surface area contributed by atoms with E-state index in [0.29, 0.717) is 24.1 Å². The van der Waals surface area contributed by atoms with Gasteiger partial charge in [-0.15, -0.1) is 0 Å². The topological polar surface area (TPSA) is 36.0 Å². The third kappa shape index (κ3) is 6.64. The van der Waals surface area contributed by atoms with Gasteiger partial charge in [0.05, 0.1) is 11.6 Å². The zero-order valence-corrected chi connectivity index (χ0v) is 17.9. The number of amides is 1. The van der Waals surface area contributed by atoms with Crippen molar-refractivity contribution in [2.75, 3.05) is 59.5 Å². The Kier molecular flexibility index (Phi) is 8.44. The van der Waals surface area contributed by atoms with E-state index < -0.39 is 0 Å². The lowest BCUT2D eigenvalue weighted by atomic mass is 9.89. The Morgan fingerprint density at radius 1 is 1.11 bits per heavy atom. The molecular weight excluding hydrogens is 374 g/mol. The van der Waals surface area contributed by atoms with E-state index in [4.69, 9.17) is 16.3 Å². The molecule has 1 aliphatic carbocycles. The molecule has 1 saturated heterocycles. The molecule has 1 amide bonds. The van der Waals surface area contributed by atoms with Crippen LogP contribution in [0.5, 0.6) is 5.75 Å². The quantitative estimate of drug-likeness (QED) is 0.661. The number of nitrogens with zero attached hydrogens (tertiary/aromatic N) is 3. The van der Waals surface area contributed by atoms with Gasteiger partial charge in [0.1, 0.15) is 12.4 Å². The fraction of sp³-hybridized carbons (Fsp3) is 0.682. The Hall–Kier alpha value is -1.30. The molecule has 1 aromatic rings. The highest BCUT2D eigenvalue weighted by Gasteiger charge is 2.22. The van der Waals surface area contributed by atoms with Crippen LogP contribution in [-0.2, 0) is 4.79 Å². The molecule has 1 aliphatic heterocycles. The number of rotatable bonds is 8. The molecule has 6 heteroatoms. The first kappa shape index (κ1) is 21.4. The molecule has 0 spiro atoms. The van der Waals surface area contributed by atoms with Crippen LogP contribution in [0.25, 0.3) is 0 Å². The Morgan fingerprint density at radius 2 is 1.79 bits per heavy atom. The van der Waals surface area contributed by atoms with Gasteiger partial charge in [-0.1, -0.05) is 43.0 Å². The van der Waals surface area contributed by atoms with Crippen molar-refractivity contribution < 1.29 is 9.53 Å². The maximum atomic E-state index is 12.6. The normalized spacial score (nSPS) is 19.5. The van der Waals surface area contributed by atoms with E-state index in [2.05, 4.69) is 9.80 Å². The van der Waals surface area contributed by atoms with Gasteiger partial charge in [-0.3, -0.25) is 14.6 Å². The van der Waals surface area contributed by atoms with Crippen LogP contribution in [0.1, 0.15) is 32.1 Å². The molecule has 0 N–H and O–H groups in total. The molecule has 3 rings (SSSR count). The van der Waals surface area contributed by atoms with E-state index >= 15 is 0 Å². The second-order valence-corrected chi connectivity index (χ2v) is 8.58. The summed E-state index contributed by atoms with van der Waals surface area (Å²) in [4.78, 5) is 19.2.